The molecule has 0 radical (unpaired) electrons. The van der Waals surface area contributed by atoms with Crippen molar-refractivity contribution < 1.29 is 53.8 Å². The van der Waals surface area contributed by atoms with Gasteiger partial charge in [0, 0.05) is 62.4 Å². The van der Waals surface area contributed by atoms with E-state index in [1.54, 1.807) is 6.07 Å². The number of fused-ring (bicyclic) bond motifs is 1. The molecule has 1 amide bonds. The van der Waals surface area contributed by atoms with E-state index >= 15 is 0 Å². The lowest BCUT2D eigenvalue weighted by atomic mass is 9.78. The lowest BCUT2D eigenvalue weighted by Gasteiger charge is -2.39. The Bertz CT molecular complexity index is 1090. The molecule has 0 aliphatic carbocycles. The number of benzene rings is 1. The van der Waals surface area contributed by atoms with Gasteiger partial charge in [0.05, 0.1) is 18.8 Å². The van der Waals surface area contributed by atoms with Crippen molar-refractivity contribution in [2.75, 3.05) is 57.4 Å². The molecule has 0 bridgehead atoms. The second-order valence-electron chi connectivity index (χ2n) is 11.6. The first-order chi connectivity index (χ1) is 19.1. The molecule has 41 heavy (non-hydrogen) atoms. The van der Waals surface area contributed by atoms with Gasteiger partial charge in [-0.3, -0.25) is 4.90 Å². The summed E-state index contributed by atoms with van der Waals surface area (Å²) in [5, 5.41) is 0. The zero-order chi connectivity index (χ0) is 29.8. The molecule has 230 valence electrons. The normalized spacial score (nSPS) is 25.4. The summed E-state index contributed by atoms with van der Waals surface area (Å²) < 4.78 is 128. The van der Waals surface area contributed by atoms with Crippen LogP contribution in [-0.4, -0.2) is 86.8 Å². The molecule has 4 fully saturated rings. The quantitative estimate of drug-likeness (QED) is 0.413. The number of hydrogen-bond donors (Lipinski definition) is 0. The predicted molar refractivity (Wildman–Crippen MR) is 127 cm³/mol. The smallest absolute Gasteiger partial charge is 0.426 e. The van der Waals surface area contributed by atoms with Crippen molar-refractivity contribution in [3.05, 3.63) is 29.3 Å². The second-order valence-corrected chi connectivity index (χ2v) is 11.6. The molecule has 5 rings (SSSR count). The van der Waals surface area contributed by atoms with Gasteiger partial charge in [0.2, 0.25) is 0 Å². The van der Waals surface area contributed by atoms with Crippen molar-refractivity contribution in [2.24, 2.45) is 17.3 Å². The van der Waals surface area contributed by atoms with Crippen LogP contribution in [0.15, 0.2) is 18.2 Å². The van der Waals surface area contributed by atoms with Crippen molar-refractivity contribution >= 4 is 11.8 Å². The number of anilines is 1. The van der Waals surface area contributed by atoms with Gasteiger partial charge in [-0.2, -0.15) is 39.5 Å². The summed E-state index contributed by atoms with van der Waals surface area (Å²) in [5.41, 5.74) is -0.397. The first-order valence-corrected chi connectivity index (χ1v) is 13.4. The summed E-state index contributed by atoms with van der Waals surface area (Å²) in [6.45, 7) is 3.07. The fourth-order valence-electron chi connectivity index (χ4n) is 6.64. The molecule has 0 saturated carbocycles. The highest BCUT2D eigenvalue weighted by Gasteiger charge is 2.60. The van der Waals surface area contributed by atoms with Crippen LogP contribution in [0.2, 0.25) is 0 Å². The molecule has 0 aromatic heterocycles. The van der Waals surface area contributed by atoms with Gasteiger partial charge < -0.3 is 19.3 Å². The maximum Gasteiger partial charge on any atom is 0.434 e. The largest absolute Gasteiger partial charge is 0.434 e. The van der Waals surface area contributed by atoms with Gasteiger partial charge in [0.1, 0.15) is 0 Å². The number of hydrogen-bond acceptors (Lipinski definition) is 5. The predicted octanol–water partition coefficient (Wildman–Crippen LogP) is 5.71. The number of carbonyl (C=O) groups excluding carboxylic acids is 1. The van der Waals surface area contributed by atoms with E-state index in [-0.39, 0.29) is 49.9 Å². The molecule has 15 heteroatoms. The summed E-state index contributed by atoms with van der Waals surface area (Å²) in [6.07, 6.45) is -20.9. The van der Waals surface area contributed by atoms with E-state index < -0.39 is 41.7 Å². The first-order valence-electron chi connectivity index (χ1n) is 13.4. The summed E-state index contributed by atoms with van der Waals surface area (Å²) in [7, 11) is 0. The number of likely N-dealkylation sites (tertiary alicyclic amines) is 2. The van der Waals surface area contributed by atoms with Gasteiger partial charge in [-0.25, -0.2) is 4.79 Å². The minimum absolute atomic E-state index is 0.0414. The first kappa shape index (κ1) is 30.1. The number of rotatable bonds is 4. The summed E-state index contributed by atoms with van der Waals surface area (Å²) in [6, 6.07) is 4.19. The monoisotopic (exact) mass is 603 g/mol. The number of alkyl halides is 9. The standard InChI is InChI=1S/C26H30F9N3O3/c27-24(28,29)19-2-1-3-20(38-10-16-13-40-14-17(16)11-38)18(19)12-36-7-4-23(15-36)5-8-37(9-6-23)22(39)41-21(25(30,31)32)26(33,34)35/h1-3,16-17,21H,4-15H2. The van der Waals surface area contributed by atoms with E-state index in [0.717, 1.165) is 11.0 Å². The molecule has 0 N–H and O–H groups in total. The van der Waals surface area contributed by atoms with Gasteiger partial charge in [-0.15, -0.1) is 0 Å². The van der Waals surface area contributed by atoms with Crippen LogP contribution in [0.25, 0.3) is 0 Å². The number of amides is 1. The minimum atomic E-state index is -5.80. The minimum Gasteiger partial charge on any atom is -0.426 e. The number of carbonyl (C=O) groups is 1. The zero-order valence-corrected chi connectivity index (χ0v) is 21.9. The van der Waals surface area contributed by atoms with Crippen LogP contribution in [0.5, 0.6) is 0 Å². The van der Waals surface area contributed by atoms with Crippen LogP contribution in [0.3, 0.4) is 0 Å². The number of ether oxygens (including phenoxy) is 2. The highest BCUT2D eigenvalue weighted by molar-refractivity contribution is 5.68. The molecule has 1 spiro atoms. The Hall–Kier alpha value is -2.42. The molecular formula is C26H30F9N3O3. The van der Waals surface area contributed by atoms with Crippen LogP contribution in [0.1, 0.15) is 30.4 Å². The fraction of sp³-hybridized carbons (Fsp3) is 0.731. The van der Waals surface area contributed by atoms with Crippen molar-refractivity contribution in [3.8, 4) is 0 Å². The number of nitrogens with zero attached hydrogens (tertiary/aromatic N) is 3. The maximum atomic E-state index is 14.1. The van der Waals surface area contributed by atoms with Crippen molar-refractivity contribution in [1.82, 2.24) is 9.80 Å². The van der Waals surface area contributed by atoms with E-state index in [9.17, 15) is 44.3 Å². The Labute approximate surface area is 230 Å². The highest BCUT2D eigenvalue weighted by atomic mass is 19.4. The molecule has 4 aliphatic heterocycles. The van der Waals surface area contributed by atoms with Crippen molar-refractivity contribution in [3.63, 3.8) is 0 Å². The van der Waals surface area contributed by atoms with Crippen LogP contribution in [-0.2, 0) is 22.2 Å². The molecule has 4 aliphatic rings. The zero-order valence-electron chi connectivity index (χ0n) is 21.9. The summed E-state index contributed by atoms with van der Waals surface area (Å²) in [5.74, 6) is 0.540. The highest BCUT2D eigenvalue weighted by Crippen LogP contribution is 2.45. The SMILES string of the molecule is O=C(OC(C(F)(F)F)C(F)(F)F)N1CCC2(CCN(Cc3c(N4CC5COCC5C4)cccc3C(F)(F)F)C2)CC1. The van der Waals surface area contributed by atoms with Gasteiger partial charge in [-0.1, -0.05) is 6.07 Å². The van der Waals surface area contributed by atoms with Gasteiger partial charge in [0.25, 0.3) is 6.10 Å². The van der Waals surface area contributed by atoms with E-state index in [4.69, 9.17) is 4.74 Å². The van der Waals surface area contributed by atoms with E-state index in [2.05, 4.69) is 4.74 Å². The van der Waals surface area contributed by atoms with Crippen molar-refractivity contribution in [1.29, 1.82) is 0 Å². The Morgan fingerprint density at radius 2 is 1.51 bits per heavy atom. The van der Waals surface area contributed by atoms with E-state index in [0.29, 0.717) is 51.5 Å². The van der Waals surface area contributed by atoms with Crippen LogP contribution in [0.4, 0.5) is 50.0 Å². The molecule has 6 nitrogen and oxygen atoms in total. The second kappa shape index (κ2) is 10.7. The fourth-order valence-corrected chi connectivity index (χ4v) is 6.64. The Kier molecular flexibility index (Phi) is 7.84. The Balaban J connectivity index is 1.24. The van der Waals surface area contributed by atoms with E-state index in [1.807, 2.05) is 9.80 Å². The molecule has 2 atom stereocenters. The Morgan fingerprint density at radius 3 is 2.07 bits per heavy atom. The number of piperidine rings is 1. The van der Waals surface area contributed by atoms with E-state index in [1.165, 1.54) is 6.07 Å². The lowest BCUT2D eigenvalue weighted by Crippen LogP contribution is -2.50. The van der Waals surface area contributed by atoms with Crippen LogP contribution < -0.4 is 4.90 Å². The molecule has 1 aromatic rings. The summed E-state index contributed by atoms with van der Waals surface area (Å²) in [4.78, 5) is 16.9. The van der Waals surface area contributed by atoms with Gasteiger partial charge in [0.15, 0.2) is 0 Å². The third kappa shape index (κ3) is 6.35. The molecular weight excluding hydrogens is 573 g/mol. The third-order valence-electron chi connectivity index (χ3n) is 8.83. The molecule has 4 saturated heterocycles. The molecule has 2 unspecified atom stereocenters. The summed E-state index contributed by atoms with van der Waals surface area (Å²) >= 11 is 0. The maximum absolute atomic E-state index is 14.1. The molecule has 4 heterocycles. The van der Waals surface area contributed by atoms with Gasteiger partial charge >= 0.3 is 24.6 Å². The topological polar surface area (TPSA) is 45.2 Å². The van der Waals surface area contributed by atoms with Gasteiger partial charge in [-0.05, 0) is 43.4 Å². The average Bonchev–Trinajstić information content (AvgIpc) is 3.57. The number of halogens is 9. The Morgan fingerprint density at radius 1 is 0.927 bits per heavy atom. The average molecular weight is 604 g/mol. The lowest BCUT2D eigenvalue weighted by molar-refractivity contribution is -0.308. The van der Waals surface area contributed by atoms with Crippen LogP contribution in [0, 0.1) is 17.3 Å². The third-order valence-corrected chi connectivity index (χ3v) is 8.83. The van der Waals surface area contributed by atoms with Crippen molar-refractivity contribution in [2.45, 2.75) is 50.4 Å². The molecule has 1 aromatic carbocycles. The van der Waals surface area contributed by atoms with Crippen LogP contribution >= 0.6 is 0 Å².